The van der Waals surface area contributed by atoms with Gasteiger partial charge in [-0.15, -0.1) is 10.2 Å². The fourth-order valence-corrected chi connectivity index (χ4v) is 4.61. The molecule has 0 bridgehead atoms. The highest BCUT2D eigenvalue weighted by molar-refractivity contribution is 7.89. The summed E-state index contributed by atoms with van der Waals surface area (Å²) < 4.78 is 29.3. The van der Waals surface area contributed by atoms with E-state index in [1.165, 1.54) is 24.3 Å². The van der Waals surface area contributed by atoms with Crippen LogP contribution >= 0.6 is 0 Å². The molecule has 1 saturated heterocycles. The second-order valence-electron chi connectivity index (χ2n) is 7.93. The Balaban J connectivity index is 1.31. The van der Waals surface area contributed by atoms with E-state index in [2.05, 4.69) is 25.3 Å². The molecule has 0 radical (unpaired) electrons. The summed E-state index contributed by atoms with van der Waals surface area (Å²) in [4.78, 5) is 24.8. The van der Waals surface area contributed by atoms with Crippen LogP contribution in [0.1, 0.15) is 29.8 Å². The maximum absolute atomic E-state index is 12.5. The molecule has 2 aromatic heterocycles. The van der Waals surface area contributed by atoms with Gasteiger partial charge in [-0.1, -0.05) is 0 Å². The number of sulfonamides is 1. The Morgan fingerprint density at radius 2 is 1.59 bits per heavy atom. The van der Waals surface area contributed by atoms with Gasteiger partial charge in [-0.2, -0.15) is 5.10 Å². The predicted molar refractivity (Wildman–Crippen MR) is 125 cm³/mol. The molecule has 0 saturated carbocycles. The number of rotatable bonds is 8. The molecule has 1 aliphatic rings. The summed E-state index contributed by atoms with van der Waals surface area (Å²) in [5.41, 5.74) is 3.39. The molecule has 0 atom stereocenters. The fourth-order valence-electron chi connectivity index (χ4n) is 3.57. The Kier molecular flexibility index (Phi) is 6.44. The molecule has 4 rings (SSSR count). The van der Waals surface area contributed by atoms with Crippen molar-refractivity contribution in [2.45, 2.75) is 38.5 Å². The van der Waals surface area contributed by atoms with Crippen molar-refractivity contribution in [3.05, 3.63) is 53.3 Å². The fraction of sp³-hybridized carbons (Fsp3) is 0.318. The number of nitrogens with one attached hydrogen (secondary N) is 2. The van der Waals surface area contributed by atoms with Crippen molar-refractivity contribution < 1.29 is 18.0 Å². The van der Waals surface area contributed by atoms with E-state index < -0.39 is 10.0 Å². The number of amides is 2. The van der Waals surface area contributed by atoms with Gasteiger partial charge in [0, 0.05) is 31.6 Å². The van der Waals surface area contributed by atoms with Gasteiger partial charge in [0.05, 0.1) is 16.3 Å². The predicted octanol–water partition coefficient (Wildman–Crippen LogP) is 1.63. The van der Waals surface area contributed by atoms with Crippen LogP contribution in [-0.4, -0.2) is 53.3 Å². The highest BCUT2D eigenvalue weighted by Crippen LogP contribution is 2.24. The first-order chi connectivity index (χ1) is 16.2. The van der Waals surface area contributed by atoms with E-state index in [0.717, 1.165) is 21.9 Å². The Labute approximate surface area is 197 Å². The average Bonchev–Trinajstić information content (AvgIpc) is 3.29. The van der Waals surface area contributed by atoms with Gasteiger partial charge in [0.25, 0.3) is 0 Å². The van der Waals surface area contributed by atoms with E-state index in [-0.39, 0.29) is 36.1 Å². The highest BCUT2D eigenvalue weighted by Gasteiger charge is 2.30. The third-order valence-corrected chi connectivity index (χ3v) is 7.18. The Hall–Kier alpha value is -3.64. The second kappa shape index (κ2) is 9.31. The number of hydrogen-bond acceptors (Lipinski definition) is 8. The first kappa shape index (κ1) is 23.5. The monoisotopic (exact) mass is 483 g/mol. The molecule has 0 aliphatic carbocycles. The molecule has 12 heteroatoms. The van der Waals surface area contributed by atoms with E-state index in [1.54, 1.807) is 16.8 Å². The lowest BCUT2D eigenvalue weighted by molar-refractivity contribution is -0.121. The second-order valence-corrected chi connectivity index (χ2v) is 9.69. The number of nitrogens with zero attached hydrogens (tertiary/aromatic N) is 5. The van der Waals surface area contributed by atoms with Crippen LogP contribution < -0.4 is 14.9 Å². The maximum atomic E-state index is 12.5. The van der Waals surface area contributed by atoms with E-state index in [1.807, 2.05) is 20.8 Å². The summed E-state index contributed by atoms with van der Waals surface area (Å²) in [6.45, 7) is 6.32. The van der Waals surface area contributed by atoms with Crippen molar-refractivity contribution in [2.75, 3.05) is 23.3 Å². The summed E-state index contributed by atoms with van der Waals surface area (Å²) >= 11 is 0. The van der Waals surface area contributed by atoms with Crippen LogP contribution in [0.5, 0.6) is 0 Å². The summed E-state index contributed by atoms with van der Waals surface area (Å²) in [5.74, 6) is 0.531. The number of anilines is 2. The van der Waals surface area contributed by atoms with E-state index >= 15 is 0 Å². The van der Waals surface area contributed by atoms with Gasteiger partial charge < -0.3 is 5.32 Å². The first-order valence-electron chi connectivity index (χ1n) is 10.7. The minimum absolute atomic E-state index is 0.0414. The number of carbonyl (C=O) groups is 2. The lowest BCUT2D eigenvalue weighted by Crippen LogP contribution is -2.30. The van der Waals surface area contributed by atoms with Gasteiger partial charge >= 0.3 is 0 Å². The zero-order valence-corrected chi connectivity index (χ0v) is 19.9. The molecule has 1 aliphatic heterocycles. The van der Waals surface area contributed by atoms with Crippen molar-refractivity contribution in [1.29, 1.82) is 0 Å². The van der Waals surface area contributed by atoms with Gasteiger partial charge in [0.2, 0.25) is 21.8 Å². The number of carbonyl (C=O) groups excluding carboxylic acids is 2. The first-order valence-corrected chi connectivity index (χ1v) is 12.2. The highest BCUT2D eigenvalue weighted by atomic mass is 32.2. The molecule has 1 fully saturated rings. The van der Waals surface area contributed by atoms with Crippen molar-refractivity contribution >= 4 is 33.3 Å². The minimum Gasteiger partial charge on any atom is -0.367 e. The zero-order valence-electron chi connectivity index (χ0n) is 19.1. The van der Waals surface area contributed by atoms with Gasteiger partial charge in [-0.05, 0) is 62.7 Å². The standard InChI is InChI=1S/C22H25N7O4S/c1-14-15(2)27-29(16(14)3)20-9-8-19(25-26-20)23-12-13-24-34(32,33)18-6-4-17(5-7-18)28-21(30)10-11-22(28)31/h4-9,24H,10-13H2,1-3H3,(H,23,25). The number of aromatic nitrogens is 4. The molecule has 3 aromatic rings. The third kappa shape index (κ3) is 4.68. The summed E-state index contributed by atoms with van der Waals surface area (Å²) in [7, 11) is -3.76. The molecule has 0 spiro atoms. The van der Waals surface area contributed by atoms with Crippen LogP contribution in [0.2, 0.25) is 0 Å². The van der Waals surface area contributed by atoms with E-state index in [9.17, 15) is 18.0 Å². The quantitative estimate of drug-likeness (QED) is 0.364. The van der Waals surface area contributed by atoms with Crippen LogP contribution in [0.15, 0.2) is 41.3 Å². The van der Waals surface area contributed by atoms with Crippen molar-refractivity contribution in [1.82, 2.24) is 24.7 Å². The lowest BCUT2D eigenvalue weighted by Gasteiger charge is -2.14. The summed E-state index contributed by atoms with van der Waals surface area (Å²) in [6.07, 6.45) is 0.339. The van der Waals surface area contributed by atoms with Gasteiger partial charge in [-0.3, -0.25) is 14.5 Å². The Morgan fingerprint density at radius 1 is 0.912 bits per heavy atom. The van der Waals surface area contributed by atoms with Gasteiger partial charge in [0.15, 0.2) is 5.82 Å². The van der Waals surface area contributed by atoms with E-state index in [4.69, 9.17) is 0 Å². The van der Waals surface area contributed by atoms with E-state index in [0.29, 0.717) is 23.9 Å². The van der Waals surface area contributed by atoms with Crippen molar-refractivity contribution in [3.63, 3.8) is 0 Å². The Morgan fingerprint density at radius 3 is 2.15 bits per heavy atom. The normalized spacial score (nSPS) is 14.1. The number of aryl methyl sites for hydroxylation is 1. The molecule has 11 nitrogen and oxygen atoms in total. The Bertz CT molecular complexity index is 1320. The number of hydrogen-bond donors (Lipinski definition) is 2. The topological polar surface area (TPSA) is 139 Å². The SMILES string of the molecule is Cc1nn(-c2ccc(NCCNS(=O)(=O)c3ccc(N4C(=O)CCC4=O)cc3)nn2)c(C)c1C. The molecular weight excluding hydrogens is 458 g/mol. The smallest absolute Gasteiger partial charge is 0.240 e. The van der Waals surface area contributed by atoms with Crippen molar-refractivity contribution in [3.8, 4) is 5.82 Å². The largest absolute Gasteiger partial charge is 0.367 e. The third-order valence-electron chi connectivity index (χ3n) is 5.70. The molecule has 34 heavy (non-hydrogen) atoms. The number of imide groups is 1. The average molecular weight is 484 g/mol. The molecular formula is C22H25N7O4S. The van der Waals surface area contributed by atoms with Crippen LogP contribution in [0.3, 0.4) is 0 Å². The van der Waals surface area contributed by atoms with Crippen LogP contribution in [0, 0.1) is 20.8 Å². The number of benzene rings is 1. The molecule has 2 N–H and O–H groups in total. The molecule has 3 heterocycles. The van der Waals surface area contributed by atoms with Crippen LogP contribution in [-0.2, 0) is 19.6 Å². The zero-order chi connectivity index (χ0) is 24.5. The molecule has 178 valence electrons. The maximum Gasteiger partial charge on any atom is 0.240 e. The van der Waals surface area contributed by atoms with Gasteiger partial charge in [0.1, 0.15) is 5.82 Å². The van der Waals surface area contributed by atoms with Crippen molar-refractivity contribution in [2.24, 2.45) is 0 Å². The summed E-state index contributed by atoms with van der Waals surface area (Å²) in [6, 6.07) is 9.19. The van der Waals surface area contributed by atoms with Crippen LogP contribution in [0.4, 0.5) is 11.5 Å². The molecule has 2 amide bonds. The van der Waals surface area contributed by atoms with Crippen LogP contribution in [0.25, 0.3) is 5.82 Å². The molecule has 0 unspecified atom stereocenters. The van der Waals surface area contributed by atoms with Gasteiger partial charge in [-0.25, -0.2) is 17.8 Å². The minimum atomic E-state index is -3.76. The molecule has 1 aromatic carbocycles. The lowest BCUT2D eigenvalue weighted by atomic mass is 10.2. The summed E-state index contributed by atoms with van der Waals surface area (Å²) in [5, 5.41) is 15.8.